The summed E-state index contributed by atoms with van der Waals surface area (Å²) in [5.41, 5.74) is 0. The van der Waals surface area contributed by atoms with Gasteiger partial charge in [0, 0.05) is 19.3 Å². The summed E-state index contributed by atoms with van der Waals surface area (Å²) >= 11 is 0. The van der Waals surface area contributed by atoms with Crippen molar-refractivity contribution in [3.05, 3.63) is 122 Å². The molecular weight excluding hydrogens is 925 g/mol. The predicted molar refractivity (Wildman–Crippen MR) is 325 cm³/mol. The van der Waals surface area contributed by atoms with Gasteiger partial charge in [-0.3, -0.25) is 14.4 Å². The molecule has 0 saturated carbocycles. The van der Waals surface area contributed by atoms with Gasteiger partial charge in [0.15, 0.2) is 6.10 Å². The zero-order chi connectivity index (χ0) is 54.3. The van der Waals surface area contributed by atoms with Crippen molar-refractivity contribution in [1.29, 1.82) is 0 Å². The van der Waals surface area contributed by atoms with E-state index in [1.807, 2.05) is 0 Å². The first kappa shape index (κ1) is 70.8. The van der Waals surface area contributed by atoms with Crippen molar-refractivity contribution in [2.75, 3.05) is 13.2 Å². The van der Waals surface area contributed by atoms with Crippen LogP contribution in [0.5, 0.6) is 0 Å². The van der Waals surface area contributed by atoms with Crippen LogP contribution in [0.1, 0.15) is 278 Å². The fraction of sp³-hybridized carbons (Fsp3) is 0.667. The molecule has 0 N–H and O–H groups in total. The van der Waals surface area contributed by atoms with Crippen molar-refractivity contribution in [2.45, 2.75) is 284 Å². The molecule has 0 aliphatic rings. The molecule has 0 aromatic carbocycles. The van der Waals surface area contributed by atoms with Crippen LogP contribution in [0.15, 0.2) is 122 Å². The molecule has 426 valence electrons. The van der Waals surface area contributed by atoms with E-state index in [2.05, 4.69) is 142 Å². The molecule has 0 aromatic rings. The minimum Gasteiger partial charge on any atom is -0.462 e. The van der Waals surface area contributed by atoms with Gasteiger partial charge in [0.05, 0.1) is 0 Å². The fourth-order valence-electron chi connectivity index (χ4n) is 8.38. The Morgan fingerprint density at radius 2 is 0.520 bits per heavy atom. The molecule has 0 aliphatic heterocycles. The third-order valence-electron chi connectivity index (χ3n) is 13.0. The number of rotatable bonds is 55. The van der Waals surface area contributed by atoms with Crippen LogP contribution in [0.2, 0.25) is 0 Å². The van der Waals surface area contributed by atoms with Crippen molar-refractivity contribution >= 4 is 17.9 Å². The smallest absolute Gasteiger partial charge is 0.306 e. The van der Waals surface area contributed by atoms with Crippen molar-refractivity contribution in [1.82, 2.24) is 0 Å². The maximum Gasteiger partial charge on any atom is 0.306 e. The summed E-state index contributed by atoms with van der Waals surface area (Å²) in [6.07, 6.45) is 86.2. The monoisotopic (exact) mass is 1040 g/mol. The number of carbonyl (C=O) groups excluding carboxylic acids is 3. The summed E-state index contributed by atoms with van der Waals surface area (Å²) in [5, 5.41) is 0. The topological polar surface area (TPSA) is 78.9 Å². The fourth-order valence-corrected chi connectivity index (χ4v) is 8.38. The first-order chi connectivity index (χ1) is 37.0. The first-order valence-corrected chi connectivity index (χ1v) is 31.0. The molecule has 0 amide bonds. The molecule has 0 aromatic heterocycles. The lowest BCUT2D eigenvalue weighted by Crippen LogP contribution is -2.30. The standard InChI is InChI=1S/C69H114O6/c1-4-7-10-13-16-19-22-25-27-29-31-32-33-34-35-36-38-39-41-44-47-50-53-56-59-62-68(71)74-65-66(64-73-67(70)61-58-55-52-49-46-43-24-21-18-15-12-9-6-3)75-69(72)63-60-57-54-51-48-45-42-40-37-30-28-26-23-20-17-14-11-8-5-2/h7-8,10-11,16-17,19-20,25-28,31-32,34-35,37,40,45,48,66H,4-6,9,12-15,18,21-24,29-30,33,36,38-39,41-44,46-47,49-65H2,1-3H3/b10-7-,11-8-,19-16-,20-17-,27-25-,28-26-,32-31-,35-34-,40-37-,48-45-. The highest BCUT2D eigenvalue weighted by atomic mass is 16.6. The molecular formula is C69H114O6. The minimum atomic E-state index is -0.801. The van der Waals surface area contributed by atoms with Gasteiger partial charge in [0.25, 0.3) is 0 Å². The van der Waals surface area contributed by atoms with Gasteiger partial charge < -0.3 is 14.2 Å². The van der Waals surface area contributed by atoms with Crippen LogP contribution in [-0.4, -0.2) is 37.2 Å². The Morgan fingerprint density at radius 1 is 0.280 bits per heavy atom. The SMILES string of the molecule is CC/C=C\C/C=C\C/C=C\C/C=C\C/C=C\CCCCCCCCCCCC(=O)OCC(COC(=O)CCCCCCCCCCCCCCC)OC(=O)CCCCC/C=C\C/C=C\C/C=C\C/C=C\C/C=C\CC. The number of ether oxygens (including phenoxy) is 3. The van der Waals surface area contributed by atoms with E-state index < -0.39 is 6.10 Å². The minimum absolute atomic E-state index is 0.0935. The lowest BCUT2D eigenvalue weighted by atomic mass is 10.0. The first-order valence-electron chi connectivity index (χ1n) is 31.0. The second kappa shape index (κ2) is 62.4. The van der Waals surface area contributed by atoms with Crippen molar-refractivity contribution < 1.29 is 28.6 Å². The quantitative estimate of drug-likeness (QED) is 0.0261. The van der Waals surface area contributed by atoms with Crippen LogP contribution >= 0.6 is 0 Å². The van der Waals surface area contributed by atoms with Gasteiger partial charge in [-0.25, -0.2) is 0 Å². The molecule has 0 heterocycles. The van der Waals surface area contributed by atoms with E-state index >= 15 is 0 Å². The maximum absolute atomic E-state index is 12.9. The lowest BCUT2D eigenvalue weighted by molar-refractivity contribution is -0.167. The Morgan fingerprint density at radius 3 is 0.827 bits per heavy atom. The highest BCUT2D eigenvalue weighted by Gasteiger charge is 2.19. The number of hydrogen-bond acceptors (Lipinski definition) is 6. The van der Waals surface area contributed by atoms with E-state index in [9.17, 15) is 14.4 Å². The summed E-state index contributed by atoms with van der Waals surface area (Å²) in [7, 11) is 0. The zero-order valence-electron chi connectivity index (χ0n) is 48.8. The number of hydrogen-bond donors (Lipinski definition) is 0. The van der Waals surface area contributed by atoms with Gasteiger partial charge in [-0.1, -0.05) is 271 Å². The molecule has 0 radical (unpaired) electrons. The summed E-state index contributed by atoms with van der Waals surface area (Å²) in [6.45, 7) is 6.39. The Bertz CT molecular complexity index is 1570. The van der Waals surface area contributed by atoms with Gasteiger partial charge in [-0.15, -0.1) is 0 Å². The summed E-state index contributed by atoms with van der Waals surface area (Å²) < 4.78 is 16.9. The van der Waals surface area contributed by atoms with Crippen LogP contribution < -0.4 is 0 Å². The molecule has 0 rings (SSSR count). The molecule has 0 saturated heterocycles. The zero-order valence-corrected chi connectivity index (χ0v) is 48.8. The Kier molecular flexibility index (Phi) is 58.9. The van der Waals surface area contributed by atoms with E-state index in [0.717, 1.165) is 135 Å². The third kappa shape index (κ3) is 60.6. The van der Waals surface area contributed by atoms with Gasteiger partial charge in [0.1, 0.15) is 13.2 Å². The number of carbonyl (C=O) groups is 3. The van der Waals surface area contributed by atoms with Gasteiger partial charge in [0.2, 0.25) is 0 Å². The highest BCUT2D eigenvalue weighted by molar-refractivity contribution is 5.71. The van der Waals surface area contributed by atoms with Crippen LogP contribution in [0.4, 0.5) is 0 Å². The van der Waals surface area contributed by atoms with Gasteiger partial charge in [-0.2, -0.15) is 0 Å². The van der Waals surface area contributed by atoms with E-state index in [-0.39, 0.29) is 37.5 Å². The van der Waals surface area contributed by atoms with Crippen LogP contribution in [-0.2, 0) is 28.6 Å². The van der Waals surface area contributed by atoms with Crippen LogP contribution in [0.25, 0.3) is 0 Å². The molecule has 0 spiro atoms. The van der Waals surface area contributed by atoms with E-state index in [0.29, 0.717) is 12.8 Å². The molecule has 1 unspecified atom stereocenters. The summed E-state index contributed by atoms with van der Waals surface area (Å²) in [4.78, 5) is 38.3. The van der Waals surface area contributed by atoms with Crippen LogP contribution in [0.3, 0.4) is 0 Å². The second-order valence-electron chi connectivity index (χ2n) is 20.2. The maximum atomic E-state index is 12.9. The average Bonchev–Trinajstić information content (AvgIpc) is 3.41. The van der Waals surface area contributed by atoms with E-state index in [1.165, 1.54) is 103 Å². The highest BCUT2D eigenvalue weighted by Crippen LogP contribution is 2.15. The van der Waals surface area contributed by atoms with Crippen molar-refractivity contribution in [3.63, 3.8) is 0 Å². The van der Waals surface area contributed by atoms with Crippen molar-refractivity contribution in [3.8, 4) is 0 Å². The number of allylic oxidation sites excluding steroid dienone is 20. The lowest BCUT2D eigenvalue weighted by Gasteiger charge is -2.18. The number of esters is 3. The van der Waals surface area contributed by atoms with Gasteiger partial charge in [-0.05, 0) is 109 Å². The molecule has 0 aliphatic carbocycles. The van der Waals surface area contributed by atoms with E-state index in [4.69, 9.17) is 14.2 Å². The Hall–Kier alpha value is -4.19. The molecule has 1 atom stereocenters. The third-order valence-corrected chi connectivity index (χ3v) is 13.0. The molecule has 0 bridgehead atoms. The Balaban J connectivity index is 4.40. The molecule has 0 fully saturated rings. The average molecular weight is 1040 g/mol. The Labute approximate surface area is 462 Å². The van der Waals surface area contributed by atoms with E-state index in [1.54, 1.807) is 0 Å². The predicted octanol–water partition coefficient (Wildman–Crippen LogP) is 21.2. The van der Waals surface area contributed by atoms with Crippen molar-refractivity contribution in [2.24, 2.45) is 0 Å². The normalized spacial score (nSPS) is 12.9. The number of unbranched alkanes of at least 4 members (excludes halogenated alkanes) is 24. The summed E-state index contributed by atoms with van der Waals surface area (Å²) in [6, 6.07) is 0. The molecule has 6 heteroatoms. The largest absolute Gasteiger partial charge is 0.462 e. The second-order valence-corrected chi connectivity index (χ2v) is 20.2. The molecule has 75 heavy (non-hydrogen) atoms. The van der Waals surface area contributed by atoms with Gasteiger partial charge >= 0.3 is 17.9 Å². The van der Waals surface area contributed by atoms with Crippen LogP contribution in [0, 0.1) is 0 Å². The molecule has 6 nitrogen and oxygen atoms in total. The summed E-state index contributed by atoms with van der Waals surface area (Å²) in [5.74, 6) is -0.928.